The molecule has 0 spiro atoms. The molecule has 0 unspecified atom stereocenters. The van der Waals surface area contributed by atoms with Gasteiger partial charge in [-0.2, -0.15) is 0 Å². The van der Waals surface area contributed by atoms with Gasteiger partial charge in [-0.1, -0.05) is 11.6 Å². The molecule has 120 valence electrons. The van der Waals surface area contributed by atoms with Crippen LogP contribution in [0.25, 0.3) is 0 Å². The zero-order valence-corrected chi connectivity index (χ0v) is 13.4. The molecule has 2 rings (SSSR count). The first-order chi connectivity index (χ1) is 11.1. The summed E-state index contributed by atoms with van der Waals surface area (Å²) in [5.41, 5.74) is 1.42. The van der Waals surface area contributed by atoms with E-state index in [4.69, 9.17) is 25.8 Å². The Bertz CT molecular complexity index is 727. The second-order valence-corrected chi connectivity index (χ2v) is 5.05. The lowest BCUT2D eigenvalue weighted by Gasteiger charge is -2.13. The number of ether oxygens (including phenoxy) is 3. The molecule has 0 fully saturated rings. The van der Waals surface area contributed by atoms with Gasteiger partial charge in [-0.15, -0.1) is 0 Å². The largest absolute Gasteiger partial charge is 0.496 e. The van der Waals surface area contributed by atoms with Gasteiger partial charge in [0.15, 0.2) is 0 Å². The number of hydrogen-bond acceptors (Lipinski definition) is 5. The maximum Gasteiger partial charge on any atom is 0.341 e. The molecule has 0 aliphatic heterocycles. The first-order valence-electron chi connectivity index (χ1n) is 6.71. The fraction of sp³-hybridized carbons (Fsp3) is 0.176. The Hall–Kier alpha value is -2.53. The Kier molecular flexibility index (Phi) is 5.60. The van der Waals surface area contributed by atoms with Crippen molar-refractivity contribution in [2.75, 3.05) is 14.2 Å². The van der Waals surface area contributed by atoms with Gasteiger partial charge in [0.05, 0.1) is 14.2 Å². The van der Waals surface area contributed by atoms with E-state index in [-0.39, 0.29) is 12.2 Å². The summed E-state index contributed by atoms with van der Waals surface area (Å²) in [5, 5.41) is 0.401. The number of rotatable bonds is 6. The lowest BCUT2D eigenvalue weighted by molar-refractivity contribution is 0.0595. The predicted molar refractivity (Wildman–Crippen MR) is 85.5 cm³/mol. The van der Waals surface area contributed by atoms with Crippen LogP contribution in [-0.4, -0.2) is 26.5 Å². The van der Waals surface area contributed by atoms with E-state index in [2.05, 4.69) is 0 Å². The molecule has 0 amide bonds. The molecule has 0 heterocycles. The van der Waals surface area contributed by atoms with Crippen LogP contribution in [0.5, 0.6) is 11.5 Å². The summed E-state index contributed by atoms with van der Waals surface area (Å²) in [5.74, 6) is 0.375. The highest BCUT2D eigenvalue weighted by Crippen LogP contribution is 2.26. The summed E-state index contributed by atoms with van der Waals surface area (Å²) in [7, 11) is 2.81. The molecule has 5 nitrogen and oxygen atoms in total. The maximum atomic E-state index is 11.8. The van der Waals surface area contributed by atoms with E-state index in [9.17, 15) is 9.59 Å². The molecule has 6 heteroatoms. The fourth-order valence-electron chi connectivity index (χ4n) is 2.04. The van der Waals surface area contributed by atoms with Crippen molar-refractivity contribution in [2.24, 2.45) is 0 Å². The van der Waals surface area contributed by atoms with Gasteiger partial charge < -0.3 is 14.2 Å². The van der Waals surface area contributed by atoms with Crippen LogP contribution in [0.4, 0.5) is 0 Å². The number of methoxy groups -OCH3 is 2. The van der Waals surface area contributed by atoms with Crippen LogP contribution in [0.1, 0.15) is 26.3 Å². The zero-order valence-electron chi connectivity index (χ0n) is 12.7. The first-order valence-corrected chi connectivity index (χ1v) is 7.09. The van der Waals surface area contributed by atoms with Crippen molar-refractivity contribution in [3.8, 4) is 11.5 Å². The molecule has 0 atom stereocenters. The van der Waals surface area contributed by atoms with Gasteiger partial charge >= 0.3 is 5.97 Å². The minimum Gasteiger partial charge on any atom is -0.496 e. The zero-order chi connectivity index (χ0) is 16.8. The van der Waals surface area contributed by atoms with Crippen molar-refractivity contribution in [2.45, 2.75) is 6.61 Å². The van der Waals surface area contributed by atoms with E-state index in [1.165, 1.54) is 20.3 Å². The topological polar surface area (TPSA) is 61.8 Å². The molecular formula is C17H15ClO5. The minimum atomic E-state index is -0.545. The molecule has 0 saturated heterocycles. The Morgan fingerprint density at radius 3 is 2.52 bits per heavy atom. The van der Waals surface area contributed by atoms with Crippen LogP contribution < -0.4 is 9.47 Å². The third kappa shape index (κ3) is 4.02. The van der Waals surface area contributed by atoms with Crippen molar-refractivity contribution >= 4 is 23.9 Å². The predicted octanol–water partition coefficient (Wildman–Crippen LogP) is 3.53. The van der Waals surface area contributed by atoms with Crippen molar-refractivity contribution in [3.05, 3.63) is 58.1 Å². The molecule has 0 bridgehead atoms. The van der Waals surface area contributed by atoms with Gasteiger partial charge in [-0.3, -0.25) is 4.79 Å². The van der Waals surface area contributed by atoms with E-state index < -0.39 is 5.97 Å². The highest BCUT2D eigenvalue weighted by Gasteiger charge is 2.15. The number of benzene rings is 2. The van der Waals surface area contributed by atoms with Gasteiger partial charge in [0.1, 0.15) is 30.0 Å². The van der Waals surface area contributed by atoms with E-state index in [0.717, 1.165) is 6.29 Å². The summed E-state index contributed by atoms with van der Waals surface area (Å²) in [6.45, 7) is 0.122. The highest BCUT2D eigenvalue weighted by molar-refractivity contribution is 6.31. The summed E-state index contributed by atoms with van der Waals surface area (Å²) < 4.78 is 15.6. The van der Waals surface area contributed by atoms with Crippen LogP contribution in [-0.2, 0) is 11.3 Å². The fourth-order valence-corrected chi connectivity index (χ4v) is 2.21. The first kappa shape index (κ1) is 16.8. The SMILES string of the molecule is COC(=O)c1cc(Cl)ccc1OCc1cc(C=O)ccc1OC. The Balaban J connectivity index is 2.27. The summed E-state index contributed by atoms with van der Waals surface area (Å²) in [4.78, 5) is 22.7. The van der Waals surface area contributed by atoms with Crippen molar-refractivity contribution in [1.82, 2.24) is 0 Å². The van der Waals surface area contributed by atoms with Crippen molar-refractivity contribution < 1.29 is 23.8 Å². The third-order valence-corrected chi connectivity index (χ3v) is 3.41. The quantitative estimate of drug-likeness (QED) is 0.597. The molecule has 2 aromatic rings. The lowest BCUT2D eigenvalue weighted by Crippen LogP contribution is -2.06. The average molecular weight is 335 g/mol. The Morgan fingerprint density at radius 2 is 1.87 bits per heavy atom. The monoisotopic (exact) mass is 334 g/mol. The van der Waals surface area contributed by atoms with Crippen LogP contribution in [0.3, 0.4) is 0 Å². The Morgan fingerprint density at radius 1 is 1.13 bits per heavy atom. The van der Waals surface area contributed by atoms with E-state index in [1.54, 1.807) is 30.3 Å². The van der Waals surface area contributed by atoms with E-state index in [1.807, 2.05) is 0 Å². The van der Waals surface area contributed by atoms with Gasteiger partial charge in [0, 0.05) is 16.1 Å². The number of esters is 1. The summed E-state index contributed by atoms with van der Waals surface area (Å²) in [6.07, 6.45) is 0.741. The standard InChI is InChI=1S/C17H15ClO5/c1-21-15-5-3-11(9-19)7-12(15)10-23-16-6-4-13(18)8-14(16)17(20)22-2/h3-9H,10H2,1-2H3. The minimum absolute atomic E-state index is 0.122. The van der Waals surface area contributed by atoms with Crippen LogP contribution in [0.15, 0.2) is 36.4 Å². The smallest absolute Gasteiger partial charge is 0.341 e. The molecule has 23 heavy (non-hydrogen) atoms. The molecule has 0 aromatic heterocycles. The average Bonchev–Trinajstić information content (AvgIpc) is 2.59. The van der Waals surface area contributed by atoms with Crippen LogP contribution >= 0.6 is 11.6 Å². The number of carbonyl (C=O) groups excluding carboxylic acids is 2. The molecule has 0 saturated carbocycles. The van der Waals surface area contributed by atoms with Gasteiger partial charge in [0.2, 0.25) is 0 Å². The number of hydrogen-bond donors (Lipinski definition) is 0. The van der Waals surface area contributed by atoms with Crippen LogP contribution in [0, 0.1) is 0 Å². The maximum absolute atomic E-state index is 11.8. The number of halogens is 1. The normalized spacial score (nSPS) is 10.0. The Labute approximate surface area is 138 Å². The third-order valence-electron chi connectivity index (χ3n) is 3.17. The van der Waals surface area contributed by atoms with Crippen molar-refractivity contribution in [3.63, 3.8) is 0 Å². The second kappa shape index (κ2) is 7.65. The van der Waals surface area contributed by atoms with E-state index in [0.29, 0.717) is 27.6 Å². The summed E-state index contributed by atoms with van der Waals surface area (Å²) in [6, 6.07) is 9.68. The summed E-state index contributed by atoms with van der Waals surface area (Å²) >= 11 is 5.90. The molecule has 0 radical (unpaired) electrons. The second-order valence-electron chi connectivity index (χ2n) is 4.61. The molecule has 2 aromatic carbocycles. The number of carbonyl (C=O) groups is 2. The van der Waals surface area contributed by atoms with E-state index >= 15 is 0 Å². The highest BCUT2D eigenvalue weighted by atomic mass is 35.5. The van der Waals surface area contributed by atoms with Gasteiger partial charge in [-0.05, 0) is 36.4 Å². The lowest BCUT2D eigenvalue weighted by atomic mass is 10.1. The van der Waals surface area contributed by atoms with Crippen molar-refractivity contribution in [1.29, 1.82) is 0 Å². The van der Waals surface area contributed by atoms with Gasteiger partial charge in [0.25, 0.3) is 0 Å². The number of aldehydes is 1. The van der Waals surface area contributed by atoms with Gasteiger partial charge in [-0.25, -0.2) is 4.79 Å². The molecule has 0 aliphatic rings. The molecule has 0 aliphatic carbocycles. The molecule has 0 N–H and O–H groups in total. The van der Waals surface area contributed by atoms with Crippen LogP contribution in [0.2, 0.25) is 5.02 Å². The molecular weight excluding hydrogens is 320 g/mol.